The molecule has 0 atom stereocenters. The molecule has 3 aromatic heterocycles. The fourth-order valence-electron chi connectivity index (χ4n) is 4.87. The van der Waals surface area contributed by atoms with Gasteiger partial charge in [-0.05, 0) is 36.4 Å². The SMILES string of the molecule is CC1(C)CN(S(=O)(=O)c2cccnc2)Cc2c(NC(=O)c3c(C(N)=O)ccc(-n4cccc4C(=O)O)c3F)n[nH]c21. The van der Waals surface area contributed by atoms with Crippen LogP contribution in [0.25, 0.3) is 5.69 Å². The lowest BCUT2D eigenvalue weighted by Gasteiger charge is -2.36. The monoisotopic (exact) mass is 581 g/mol. The van der Waals surface area contributed by atoms with Crippen molar-refractivity contribution in [2.45, 2.75) is 30.7 Å². The molecule has 2 amide bonds. The number of hydrogen-bond acceptors (Lipinski definition) is 7. The number of carboxylic acid groups (broad SMARTS) is 1. The molecule has 5 rings (SSSR count). The van der Waals surface area contributed by atoms with Gasteiger partial charge < -0.3 is 20.7 Å². The Labute approximate surface area is 232 Å². The predicted octanol–water partition coefficient (Wildman–Crippen LogP) is 2.27. The number of nitrogens with zero attached hydrogens (tertiary/aromatic N) is 4. The van der Waals surface area contributed by atoms with Gasteiger partial charge in [-0.25, -0.2) is 17.6 Å². The van der Waals surface area contributed by atoms with Gasteiger partial charge in [-0.1, -0.05) is 13.8 Å². The highest BCUT2D eigenvalue weighted by Crippen LogP contribution is 2.38. The molecule has 13 nitrogen and oxygen atoms in total. The molecule has 1 aromatic carbocycles. The fraction of sp³-hybridized carbons (Fsp3) is 0.192. The number of H-pyrrole nitrogens is 1. The van der Waals surface area contributed by atoms with E-state index in [1.807, 2.05) is 0 Å². The number of sulfonamides is 1. The lowest BCUT2D eigenvalue weighted by atomic mass is 9.84. The summed E-state index contributed by atoms with van der Waals surface area (Å²) in [5.41, 5.74) is 3.81. The van der Waals surface area contributed by atoms with E-state index in [-0.39, 0.29) is 35.2 Å². The predicted molar refractivity (Wildman–Crippen MR) is 143 cm³/mol. The number of benzene rings is 1. The summed E-state index contributed by atoms with van der Waals surface area (Å²) in [5.74, 6) is -4.79. The van der Waals surface area contributed by atoms with Gasteiger partial charge >= 0.3 is 5.97 Å². The van der Waals surface area contributed by atoms with Crippen molar-refractivity contribution < 1.29 is 32.3 Å². The molecule has 212 valence electrons. The number of carbonyl (C=O) groups is 3. The molecule has 0 bridgehead atoms. The van der Waals surface area contributed by atoms with Crippen LogP contribution in [-0.4, -0.2) is 61.9 Å². The van der Waals surface area contributed by atoms with E-state index < -0.39 is 50.2 Å². The topological polar surface area (TPSA) is 193 Å². The number of carbonyl (C=O) groups excluding carboxylic acids is 2. The highest BCUT2D eigenvalue weighted by Gasteiger charge is 2.41. The van der Waals surface area contributed by atoms with Crippen LogP contribution in [0.4, 0.5) is 10.2 Å². The number of primary amides is 1. The second-order valence-electron chi connectivity index (χ2n) is 9.98. The maximum Gasteiger partial charge on any atom is 0.352 e. The average Bonchev–Trinajstić information content (AvgIpc) is 3.57. The number of nitrogens with two attached hydrogens (primary N) is 1. The molecule has 15 heteroatoms. The number of pyridine rings is 1. The van der Waals surface area contributed by atoms with Crippen molar-refractivity contribution in [1.82, 2.24) is 24.1 Å². The summed E-state index contributed by atoms with van der Waals surface area (Å²) in [6, 6.07) is 7.80. The third-order valence-corrected chi connectivity index (χ3v) is 8.57. The molecule has 1 aliphatic heterocycles. The molecule has 0 aliphatic carbocycles. The molecule has 0 fully saturated rings. The van der Waals surface area contributed by atoms with Crippen molar-refractivity contribution in [3.8, 4) is 5.69 Å². The van der Waals surface area contributed by atoms with Gasteiger partial charge in [-0.3, -0.25) is 19.7 Å². The second kappa shape index (κ2) is 9.94. The van der Waals surface area contributed by atoms with Crippen molar-refractivity contribution >= 4 is 33.6 Å². The summed E-state index contributed by atoms with van der Waals surface area (Å²) in [7, 11) is -3.97. The van der Waals surface area contributed by atoms with Crippen LogP contribution in [0.15, 0.2) is 59.9 Å². The Morgan fingerprint density at radius 2 is 1.93 bits per heavy atom. The number of nitrogens with one attached hydrogen (secondary N) is 2. The number of aromatic amines is 1. The van der Waals surface area contributed by atoms with E-state index in [2.05, 4.69) is 20.5 Å². The molecular formula is C26H24FN7O6S. The first kappa shape index (κ1) is 27.7. The molecule has 0 radical (unpaired) electrons. The minimum Gasteiger partial charge on any atom is -0.477 e. The zero-order valence-corrected chi connectivity index (χ0v) is 22.6. The molecule has 0 saturated carbocycles. The van der Waals surface area contributed by atoms with Crippen molar-refractivity contribution in [2.24, 2.45) is 5.73 Å². The Morgan fingerprint density at radius 1 is 1.17 bits per heavy atom. The maximum atomic E-state index is 15.8. The van der Waals surface area contributed by atoms with Crippen molar-refractivity contribution in [3.05, 3.63) is 88.9 Å². The van der Waals surface area contributed by atoms with E-state index >= 15 is 4.39 Å². The number of halogens is 1. The summed E-state index contributed by atoms with van der Waals surface area (Å²) >= 11 is 0. The van der Waals surface area contributed by atoms with Crippen LogP contribution in [0, 0.1) is 5.82 Å². The van der Waals surface area contributed by atoms with Crippen LogP contribution < -0.4 is 11.1 Å². The van der Waals surface area contributed by atoms with Crippen LogP contribution >= 0.6 is 0 Å². The normalized spacial score (nSPS) is 14.8. The van der Waals surface area contributed by atoms with Gasteiger partial charge in [0, 0.05) is 48.4 Å². The third kappa shape index (κ3) is 4.74. The number of rotatable bonds is 7. The van der Waals surface area contributed by atoms with Crippen LogP contribution in [0.5, 0.6) is 0 Å². The highest BCUT2D eigenvalue weighted by molar-refractivity contribution is 7.89. The number of fused-ring (bicyclic) bond motifs is 1. The summed E-state index contributed by atoms with van der Waals surface area (Å²) in [6.45, 7) is 3.52. The molecular weight excluding hydrogens is 557 g/mol. The van der Waals surface area contributed by atoms with Crippen molar-refractivity contribution in [3.63, 3.8) is 0 Å². The van der Waals surface area contributed by atoms with Crippen LogP contribution in [0.1, 0.15) is 56.3 Å². The van der Waals surface area contributed by atoms with Crippen molar-refractivity contribution in [1.29, 1.82) is 0 Å². The first-order valence-corrected chi connectivity index (χ1v) is 13.6. The first-order chi connectivity index (χ1) is 19.3. The summed E-state index contributed by atoms with van der Waals surface area (Å²) < 4.78 is 44.8. The molecule has 0 spiro atoms. The van der Waals surface area contributed by atoms with Gasteiger partial charge in [-0.15, -0.1) is 0 Å². The molecule has 5 N–H and O–H groups in total. The Morgan fingerprint density at radius 3 is 2.59 bits per heavy atom. The Bertz CT molecular complexity index is 1810. The summed E-state index contributed by atoms with van der Waals surface area (Å²) in [6.07, 6.45) is 3.97. The number of amides is 2. The Balaban J connectivity index is 1.54. The van der Waals surface area contributed by atoms with Gasteiger partial charge in [0.2, 0.25) is 15.9 Å². The molecule has 1 aliphatic rings. The summed E-state index contributed by atoms with van der Waals surface area (Å²) in [4.78, 5) is 41.1. The van der Waals surface area contributed by atoms with Gasteiger partial charge in [0.1, 0.15) is 10.6 Å². The molecule has 41 heavy (non-hydrogen) atoms. The van der Waals surface area contributed by atoms with Crippen molar-refractivity contribution in [2.75, 3.05) is 11.9 Å². The molecule has 4 heterocycles. The van der Waals surface area contributed by atoms with Crippen LogP contribution in [0.3, 0.4) is 0 Å². The number of anilines is 1. The average molecular weight is 582 g/mol. The molecule has 0 saturated heterocycles. The van der Waals surface area contributed by atoms with Gasteiger partial charge in [0.15, 0.2) is 11.6 Å². The Hall–Kier alpha value is -4.89. The van der Waals surface area contributed by atoms with E-state index in [1.54, 1.807) is 13.8 Å². The van der Waals surface area contributed by atoms with E-state index in [4.69, 9.17) is 5.73 Å². The molecule has 4 aromatic rings. The van der Waals surface area contributed by atoms with Gasteiger partial charge in [0.25, 0.3) is 5.91 Å². The molecule has 0 unspecified atom stereocenters. The lowest BCUT2D eigenvalue weighted by molar-refractivity contribution is 0.0687. The number of carboxylic acids is 1. The van der Waals surface area contributed by atoms with E-state index in [9.17, 15) is 27.9 Å². The van der Waals surface area contributed by atoms with Gasteiger partial charge in [-0.2, -0.15) is 9.40 Å². The highest BCUT2D eigenvalue weighted by atomic mass is 32.2. The van der Waals surface area contributed by atoms with E-state index in [1.165, 1.54) is 47.2 Å². The number of aromatic nitrogens is 4. The smallest absolute Gasteiger partial charge is 0.352 e. The number of aromatic carboxylic acids is 1. The fourth-order valence-corrected chi connectivity index (χ4v) is 6.40. The van der Waals surface area contributed by atoms with E-state index in [0.717, 1.165) is 16.7 Å². The quantitative estimate of drug-likeness (QED) is 0.255. The lowest BCUT2D eigenvalue weighted by Crippen LogP contribution is -2.45. The minimum absolute atomic E-state index is 0.0101. The Kier molecular flexibility index (Phi) is 6.71. The minimum atomic E-state index is -3.97. The summed E-state index contributed by atoms with van der Waals surface area (Å²) in [5, 5.41) is 18.9. The first-order valence-electron chi connectivity index (χ1n) is 12.2. The number of hydrogen-bond donors (Lipinski definition) is 4. The van der Waals surface area contributed by atoms with E-state index in [0.29, 0.717) is 11.3 Å². The van der Waals surface area contributed by atoms with Crippen LogP contribution in [-0.2, 0) is 22.0 Å². The standard InChI is InChI=1S/C26H24FN7O6S/c1-26(2)13-33(41(39,40)14-5-3-9-29-11-14)12-16-21(26)31-32-23(16)30-24(36)19-15(22(28)35)7-8-17(20(19)27)34-10-4-6-18(34)25(37)38/h3-11H,12-13H2,1-2H3,(H2,28,35)(H,37,38)(H2,30,31,32,36). The van der Waals surface area contributed by atoms with Crippen LogP contribution in [0.2, 0.25) is 0 Å². The van der Waals surface area contributed by atoms with Gasteiger partial charge in [0.05, 0.1) is 16.8 Å². The zero-order chi connectivity index (χ0) is 29.7. The maximum absolute atomic E-state index is 15.8. The zero-order valence-electron chi connectivity index (χ0n) is 21.8. The largest absolute Gasteiger partial charge is 0.477 e. The third-order valence-electron chi connectivity index (χ3n) is 6.80. The second-order valence-corrected chi connectivity index (χ2v) is 11.9.